The van der Waals surface area contributed by atoms with E-state index in [1.54, 1.807) is 0 Å². The highest BCUT2D eigenvalue weighted by Gasteiger charge is 1.95. The molecular weight excluding hydrogens is 96.0 g/mol. The number of nitro groups is 1. The van der Waals surface area contributed by atoms with Crippen molar-refractivity contribution in [2.75, 3.05) is 0 Å². The second-order valence-electron chi connectivity index (χ2n) is 1.07. The maximum Gasteiger partial charge on any atom is 0.258 e. The third-order valence-corrected chi connectivity index (χ3v) is 0.529. The Kier molecular flexibility index (Phi) is 1.84. The molecule has 0 saturated heterocycles. The SMILES string of the molecule is C/C(=C\N)[N+](=O)[O-]. The number of nitrogens with zero attached hydrogens (tertiary/aromatic N) is 1. The lowest BCUT2D eigenvalue weighted by molar-refractivity contribution is -0.424. The van der Waals surface area contributed by atoms with Crippen LogP contribution in [0.1, 0.15) is 6.92 Å². The predicted octanol–water partition coefficient (Wildman–Crippen LogP) is 0.0831. The van der Waals surface area contributed by atoms with Crippen LogP contribution in [0.25, 0.3) is 0 Å². The zero-order valence-electron chi connectivity index (χ0n) is 3.92. The van der Waals surface area contributed by atoms with Crippen molar-refractivity contribution in [2.24, 2.45) is 5.73 Å². The van der Waals surface area contributed by atoms with Gasteiger partial charge in [-0.05, 0) is 0 Å². The molecule has 0 aromatic heterocycles. The van der Waals surface area contributed by atoms with Gasteiger partial charge in [0, 0.05) is 6.92 Å². The number of hydrogen-bond donors (Lipinski definition) is 1. The lowest BCUT2D eigenvalue weighted by Gasteiger charge is -1.81. The Morgan fingerprint density at radius 2 is 2.43 bits per heavy atom. The molecule has 7 heavy (non-hydrogen) atoms. The third kappa shape index (κ3) is 1.75. The minimum Gasteiger partial charge on any atom is -0.399 e. The Morgan fingerprint density at radius 1 is 2.00 bits per heavy atom. The van der Waals surface area contributed by atoms with Crippen molar-refractivity contribution in [2.45, 2.75) is 6.92 Å². The molecule has 0 fully saturated rings. The average molecular weight is 102 g/mol. The molecule has 0 aromatic rings. The van der Waals surface area contributed by atoms with E-state index < -0.39 is 4.92 Å². The van der Waals surface area contributed by atoms with Crippen LogP contribution >= 0.6 is 0 Å². The summed E-state index contributed by atoms with van der Waals surface area (Å²) in [6.45, 7) is 1.33. The summed E-state index contributed by atoms with van der Waals surface area (Å²) in [4.78, 5) is 9.05. The molecule has 0 aliphatic heterocycles. The van der Waals surface area contributed by atoms with Gasteiger partial charge >= 0.3 is 0 Å². The first-order valence-electron chi connectivity index (χ1n) is 1.71. The van der Waals surface area contributed by atoms with Gasteiger partial charge in [-0.3, -0.25) is 10.1 Å². The van der Waals surface area contributed by atoms with Gasteiger partial charge < -0.3 is 5.73 Å². The van der Waals surface area contributed by atoms with Crippen molar-refractivity contribution >= 4 is 0 Å². The Bertz CT molecular complexity index is 108. The zero-order valence-corrected chi connectivity index (χ0v) is 3.92. The molecule has 0 saturated carbocycles. The number of allylic oxidation sites excluding steroid dienone is 1. The maximum absolute atomic E-state index is 9.59. The van der Waals surface area contributed by atoms with Gasteiger partial charge in [-0.2, -0.15) is 0 Å². The molecule has 0 spiro atoms. The van der Waals surface area contributed by atoms with Crippen molar-refractivity contribution in [3.8, 4) is 0 Å². The largest absolute Gasteiger partial charge is 0.399 e. The van der Waals surface area contributed by atoms with E-state index >= 15 is 0 Å². The molecule has 0 rings (SSSR count). The lowest BCUT2D eigenvalue weighted by Crippen LogP contribution is -1.96. The van der Waals surface area contributed by atoms with Gasteiger partial charge in [-0.25, -0.2) is 0 Å². The van der Waals surface area contributed by atoms with Crippen LogP contribution in [0.5, 0.6) is 0 Å². The second kappa shape index (κ2) is 2.17. The van der Waals surface area contributed by atoms with Crippen LogP contribution in [-0.2, 0) is 0 Å². The second-order valence-corrected chi connectivity index (χ2v) is 1.07. The number of rotatable bonds is 1. The van der Waals surface area contributed by atoms with Crippen molar-refractivity contribution < 1.29 is 4.92 Å². The van der Waals surface area contributed by atoms with Crippen LogP contribution in [0.4, 0.5) is 0 Å². The monoisotopic (exact) mass is 102 g/mol. The van der Waals surface area contributed by atoms with Gasteiger partial charge in [-0.1, -0.05) is 0 Å². The molecule has 0 heterocycles. The zero-order chi connectivity index (χ0) is 5.86. The molecule has 0 aliphatic carbocycles. The van der Waals surface area contributed by atoms with Crippen molar-refractivity contribution in [3.63, 3.8) is 0 Å². The van der Waals surface area contributed by atoms with E-state index in [1.165, 1.54) is 6.92 Å². The van der Waals surface area contributed by atoms with Gasteiger partial charge in [0.1, 0.15) is 0 Å². The summed E-state index contributed by atoms with van der Waals surface area (Å²) in [5.41, 5.74) is 4.74. The minimum atomic E-state index is -0.542. The van der Waals surface area contributed by atoms with Crippen LogP contribution in [0.15, 0.2) is 11.9 Å². The van der Waals surface area contributed by atoms with E-state index in [2.05, 4.69) is 0 Å². The maximum atomic E-state index is 9.59. The molecule has 4 heteroatoms. The van der Waals surface area contributed by atoms with E-state index in [0.29, 0.717) is 0 Å². The molecule has 0 radical (unpaired) electrons. The highest BCUT2D eigenvalue weighted by atomic mass is 16.6. The first kappa shape index (κ1) is 5.94. The van der Waals surface area contributed by atoms with E-state index in [0.717, 1.165) is 6.20 Å². The van der Waals surface area contributed by atoms with E-state index in [-0.39, 0.29) is 5.70 Å². The molecule has 40 valence electrons. The fourth-order valence-electron chi connectivity index (χ4n) is 0.0609. The van der Waals surface area contributed by atoms with Gasteiger partial charge in [0.25, 0.3) is 5.70 Å². The van der Waals surface area contributed by atoms with Crippen LogP contribution in [0, 0.1) is 10.1 Å². The highest BCUT2D eigenvalue weighted by Crippen LogP contribution is 1.85. The Morgan fingerprint density at radius 3 is 2.43 bits per heavy atom. The van der Waals surface area contributed by atoms with E-state index in [9.17, 15) is 10.1 Å². The van der Waals surface area contributed by atoms with Gasteiger partial charge in [0.05, 0.1) is 11.1 Å². The molecular formula is C3H6N2O2. The summed E-state index contributed by atoms with van der Waals surface area (Å²) in [6.07, 6.45) is 0.958. The van der Waals surface area contributed by atoms with Crippen LogP contribution in [0.2, 0.25) is 0 Å². The fraction of sp³-hybridized carbons (Fsp3) is 0.333. The van der Waals surface area contributed by atoms with E-state index in [1.807, 2.05) is 0 Å². The highest BCUT2D eigenvalue weighted by molar-refractivity contribution is 4.80. The Labute approximate surface area is 40.8 Å². The van der Waals surface area contributed by atoms with Gasteiger partial charge in [-0.15, -0.1) is 0 Å². The smallest absolute Gasteiger partial charge is 0.258 e. The summed E-state index contributed by atoms with van der Waals surface area (Å²) in [5.74, 6) is 0. The van der Waals surface area contributed by atoms with Crippen molar-refractivity contribution in [1.29, 1.82) is 0 Å². The minimum absolute atomic E-state index is 0.0278. The quantitative estimate of drug-likeness (QED) is 0.376. The molecule has 0 aromatic carbocycles. The van der Waals surface area contributed by atoms with Crippen molar-refractivity contribution in [3.05, 3.63) is 22.0 Å². The third-order valence-electron chi connectivity index (χ3n) is 0.529. The molecule has 0 aliphatic rings. The van der Waals surface area contributed by atoms with Gasteiger partial charge in [0.15, 0.2) is 0 Å². The molecule has 0 atom stereocenters. The number of nitrogens with two attached hydrogens (primary N) is 1. The van der Waals surface area contributed by atoms with Crippen LogP contribution in [-0.4, -0.2) is 4.92 Å². The van der Waals surface area contributed by atoms with E-state index in [4.69, 9.17) is 5.73 Å². The average Bonchev–Trinajstić information content (AvgIpc) is 1.65. The molecule has 0 bridgehead atoms. The van der Waals surface area contributed by atoms with Gasteiger partial charge in [0.2, 0.25) is 0 Å². The van der Waals surface area contributed by atoms with Crippen LogP contribution in [0.3, 0.4) is 0 Å². The fourth-order valence-corrected chi connectivity index (χ4v) is 0.0609. The standard InChI is InChI=1S/C3H6N2O2/c1-3(2-4)5(6)7/h2H,4H2,1H3/b3-2+. The topological polar surface area (TPSA) is 69.2 Å². The Hall–Kier alpha value is -1.06. The number of hydrogen-bond acceptors (Lipinski definition) is 3. The molecule has 4 nitrogen and oxygen atoms in total. The summed E-state index contributed by atoms with van der Waals surface area (Å²) < 4.78 is 0. The van der Waals surface area contributed by atoms with Crippen LogP contribution < -0.4 is 5.73 Å². The summed E-state index contributed by atoms with van der Waals surface area (Å²) in [5, 5.41) is 9.59. The first-order chi connectivity index (χ1) is 3.18. The Balaban J connectivity index is 3.82. The predicted molar refractivity (Wildman–Crippen MR) is 24.9 cm³/mol. The summed E-state index contributed by atoms with van der Waals surface area (Å²) in [7, 11) is 0. The molecule has 0 unspecified atom stereocenters. The van der Waals surface area contributed by atoms with Crippen molar-refractivity contribution in [1.82, 2.24) is 0 Å². The lowest BCUT2D eigenvalue weighted by atomic mass is 10.6. The normalized spacial score (nSPS) is 11.3. The molecule has 2 N–H and O–H groups in total. The summed E-state index contributed by atoms with van der Waals surface area (Å²) in [6, 6.07) is 0. The molecule has 0 amide bonds. The first-order valence-corrected chi connectivity index (χ1v) is 1.71. The summed E-state index contributed by atoms with van der Waals surface area (Å²) >= 11 is 0.